The second-order valence-corrected chi connectivity index (χ2v) is 9.83. The van der Waals surface area contributed by atoms with Gasteiger partial charge in [-0.25, -0.2) is 14.7 Å². The van der Waals surface area contributed by atoms with Crippen LogP contribution in [0.1, 0.15) is 26.2 Å². The van der Waals surface area contributed by atoms with Crippen LogP contribution in [0.4, 0.5) is 0 Å². The summed E-state index contributed by atoms with van der Waals surface area (Å²) >= 11 is 0. The highest BCUT2D eigenvalue weighted by Crippen LogP contribution is 2.40. The number of imide groups is 1. The number of rotatable bonds is 8. The lowest BCUT2D eigenvalue weighted by molar-refractivity contribution is -0.157. The maximum absolute atomic E-state index is 12.0. The summed E-state index contributed by atoms with van der Waals surface area (Å²) in [4.78, 5) is 37.0. The quantitative estimate of drug-likeness (QED) is 0.360. The van der Waals surface area contributed by atoms with Crippen LogP contribution >= 0.6 is 21.6 Å². The number of likely N-dealkylation sites (tertiary alicyclic amines) is 1. The molecule has 1 aliphatic heterocycles. The van der Waals surface area contributed by atoms with Crippen LogP contribution in [0, 0.1) is 0 Å². The van der Waals surface area contributed by atoms with Crippen molar-refractivity contribution in [2.75, 3.05) is 0 Å². The summed E-state index contributed by atoms with van der Waals surface area (Å²) in [6.07, 6.45) is 0.305. The molecule has 2 atom stereocenters. The third-order valence-corrected chi connectivity index (χ3v) is 7.84. The van der Waals surface area contributed by atoms with E-state index in [0.717, 1.165) is 10.8 Å². The Kier molecular flexibility index (Phi) is 6.32. The molecule has 2 N–H and O–H groups in total. The first-order valence-electron chi connectivity index (χ1n) is 7.40. The van der Waals surface area contributed by atoms with E-state index in [4.69, 9.17) is 0 Å². The van der Waals surface area contributed by atoms with Crippen LogP contribution in [0.2, 0.25) is 0 Å². The first-order chi connectivity index (χ1) is 12.1. The van der Waals surface area contributed by atoms with Gasteiger partial charge < -0.3 is 5.11 Å². The van der Waals surface area contributed by atoms with E-state index in [1.165, 1.54) is 17.7 Å². The highest BCUT2D eigenvalue weighted by Gasteiger charge is 2.61. The van der Waals surface area contributed by atoms with Gasteiger partial charge in [0, 0.05) is 30.7 Å². The molecule has 1 aliphatic rings. The van der Waals surface area contributed by atoms with Gasteiger partial charge in [-0.3, -0.25) is 14.1 Å². The van der Waals surface area contributed by atoms with Crippen LogP contribution in [0.25, 0.3) is 0 Å². The summed E-state index contributed by atoms with van der Waals surface area (Å²) < 4.78 is 33.6. The van der Waals surface area contributed by atoms with Crippen LogP contribution in [0.5, 0.6) is 0 Å². The zero-order valence-corrected chi connectivity index (χ0v) is 16.0. The average molecular weight is 420 g/mol. The fourth-order valence-electron chi connectivity index (χ4n) is 2.54. The van der Waals surface area contributed by atoms with Gasteiger partial charge in [-0.2, -0.15) is 8.42 Å². The van der Waals surface area contributed by atoms with Gasteiger partial charge in [-0.1, -0.05) is 23.8 Å². The monoisotopic (exact) mass is 420 g/mol. The van der Waals surface area contributed by atoms with Gasteiger partial charge >= 0.3 is 16.1 Å². The highest BCUT2D eigenvalue weighted by atomic mass is 33.1. The van der Waals surface area contributed by atoms with Crippen molar-refractivity contribution in [1.29, 1.82) is 0 Å². The van der Waals surface area contributed by atoms with Crippen molar-refractivity contribution in [1.82, 2.24) is 9.88 Å². The number of nitrogens with zero attached hydrogens (tertiary/aromatic N) is 2. The largest absolute Gasteiger partial charge is 0.479 e. The summed E-state index contributed by atoms with van der Waals surface area (Å²) in [6, 6.07) is 5.18. The molecule has 0 spiro atoms. The number of amides is 2. The molecule has 1 fully saturated rings. The molecule has 0 saturated carbocycles. The summed E-state index contributed by atoms with van der Waals surface area (Å²) in [6.45, 7) is 1.54. The third kappa shape index (κ3) is 4.03. The Balaban J connectivity index is 2.31. The van der Waals surface area contributed by atoms with Crippen molar-refractivity contribution in [2.24, 2.45) is 0 Å². The van der Waals surface area contributed by atoms with Crippen LogP contribution in [0.3, 0.4) is 0 Å². The molecule has 2 heterocycles. The Hall–Kier alpha value is -1.63. The van der Waals surface area contributed by atoms with Crippen molar-refractivity contribution in [3.63, 3.8) is 0 Å². The minimum absolute atomic E-state index is 0.174. The molecule has 2 amide bonds. The van der Waals surface area contributed by atoms with Crippen molar-refractivity contribution in [3.8, 4) is 0 Å². The predicted molar refractivity (Wildman–Crippen MR) is 94.8 cm³/mol. The Labute approximate surface area is 157 Å². The number of carbonyl (C=O) groups excluding carboxylic acids is 2. The topological polar surface area (TPSA) is 142 Å². The van der Waals surface area contributed by atoms with Gasteiger partial charge in [0.15, 0.2) is 0 Å². The molecule has 1 aromatic heterocycles. The lowest BCUT2D eigenvalue weighted by atomic mass is 10.1. The first-order valence-corrected chi connectivity index (χ1v) is 11.1. The van der Waals surface area contributed by atoms with Crippen molar-refractivity contribution >= 4 is 49.5 Å². The molecule has 0 aliphatic carbocycles. The smallest absolute Gasteiger partial charge is 0.348 e. The molecule has 9 nitrogen and oxygen atoms in total. The Morgan fingerprint density at radius 2 is 1.96 bits per heavy atom. The lowest BCUT2D eigenvalue weighted by Crippen LogP contribution is -2.62. The second kappa shape index (κ2) is 7.94. The number of carboxylic acids is 1. The van der Waals surface area contributed by atoms with Gasteiger partial charge in [0.05, 0.1) is 0 Å². The SMILES string of the molecule is CC(CC(C(=O)O)(N1C(=O)CCC1=O)S(=O)(=O)O)SSc1ccccn1. The van der Waals surface area contributed by atoms with E-state index in [0.29, 0.717) is 5.03 Å². The lowest BCUT2D eigenvalue weighted by Gasteiger charge is -2.35. The van der Waals surface area contributed by atoms with Gasteiger partial charge in [0.1, 0.15) is 5.03 Å². The van der Waals surface area contributed by atoms with E-state index >= 15 is 0 Å². The molecule has 142 valence electrons. The van der Waals surface area contributed by atoms with Crippen LogP contribution in [0.15, 0.2) is 29.4 Å². The summed E-state index contributed by atoms with van der Waals surface area (Å²) in [5, 5.41) is 9.54. The molecule has 2 unspecified atom stereocenters. The number of hydrogen-bond acceptors (Lipinski definition) is 8. The Morgan fingerprint density at radius 3 is 2.42 bits per heavy atom. The fraction of sp³-hybridized carbons (Fsp3) is 0.429. The van der Waals surface area contributed by atoms with E-state index < -0.39 is 44.4 Å². The first kappa shape index (κ1) is 20.7. The maximum atomic E-state index is 12.0. The molecule has 12 heteroatoms. The molecule has 0 radical (unpaired) electrons. The number of aromatic nitrogens is 1. The standard InChI is InChI=1S/C14H16N2O7S3/c1-9(24-25-10-4-2-3-7-15-10)8-14(13(19)20,26(21,22)23)16-11(17)5-6-12(16)18/h2-4,7,9H,5-6,8H2,1H3,(H,19,20)(H,21,22,23). The molecule has 0 aromatic carbocycles. The maximum Gasteiger partial charge on any atom is 0.348 e. The zero-order valence-electron chi connectivity index (χ0n) is 13.6. The number of aliphatic carboxylic acids is 1. The number of hydrogen-bond donors (Lipinski definition) is 2. The summed E-state index contributed by atoms with van der Waals surface area (Å²) in [5.41, 5.74) is 0. The molecule has 2 rings (SSSR count). The van der Waals surface area contributed by atoms with Crippen LogP contribution in [-0.4, -0.2) is 55.9 Å². The van der Waals surface area contributed by atoms with Gasteiger partial charge in [0.2, 0.25) is 11.8 Å². The van der Waals surface area contributed by atoms with Gasteiger partial charge in [-0.05, 0) is 22.9 Å². The minimum Gasteiger partial charge on any atom is -0.479 e. The van der Waals surface area contributed by atoms with E-state index in [-0.39, 0.29) is 17.7 Å². The number of pyridine rings is 1. The fourth-order valence-corrected chi connectivity index (χ4v) is 5.86. The summed E-state index contributed by atoms with van der Waals surface area (Å²) in [5.74, 6) is -3.85. The molecule has 26 heavy (non-hydrogen) atoms. The van der Waals surface area contributed by atoms with Gasteiger partial charge in [0.25, 0.3) is 4.87 Å². The second-order valence-electron chi connectivity index (χ2n) is 5.55. The Bertz CT molecular complexity index is 799. The van der Waals surface area contributed by atoms with Crippen molar-refractivity contribution in [2.45, 2.75) is 41.3 Å². The zero-order chi connectivity index (χ0) is 19.5. The average Bonchev–Trinajstić information content (AvgIpc) is 2.89. The molecule has 0 bridgehead atoms. The van der Waals surface area contributed by atoms with E-state index in [2.05, 4.69) is 4.98 Å². The summed E-state index contributed by atoms with van der Waals surface area (Å²) in [7, 11) is -3.01. The number of carboxylic acid groups (broad SMARTS) is 1. The van der Waals surface area contributed by atoms with Crippen LogP contribution < -0.4 is 0 Å². The van der Waals surface area contributed by atoms with E-state index in [9.17, 15) is 32.5 Å². The minimum atomic E-state index is -5.31. The molecule has 1 aromatic rings. The molecular weight excluding hydrogens is 404 g/mol. The van der Waals surface area contributed by atoms with Crippen molar-refractivity contribution in [3.05, 3.63) is 24.4 Å². The molecular formula is C14H16N2O7S3. The van der Waals surface area contributed by atoms with Gasteiger partial charge in [-0.15, -0.1) is 0 Å². The van der Waals surface area contributed by atoms with Crippen molar-refractivity contribution < 1.29 is 32.5 Å². The van der Waals surface area contributed by atoms with E-state index in [1.807, 2.05) is 0 Å². The normalized spacial score (nSPS) is 18.6. The number of carbonyl (C=O) groups is 3. The predicted octanol–water partition coefficient (Wildman–Crippen LogP) is 1.42. The highest BCUT2D eigenvalue weighted by molar-refractivity contribution is 8.76. The molecule has 1 saturated heterocycles. The third-order valence-electron chi connectivity index (χ3n) is 3.67. The van der Waals surface area contributed by atoms with E-state index in [1.54, 1.807) is 24.4 Å². The van der Waals surface area contributed by atoms with Crippen LogP contribution in [-0.2, 0) is 24.5 Å². The Morgan fingerprint density at radius 1 is 1.35 bits per heavy atom.